The minimum absolute atomic E-state index is 0.294. The number of nitrogen functional groups attached to an aromatic ring is 1. The number of thioether (sulfide) groups is 1. The quantitative estimate of drug-likeness (QED) is 0.668. The highest BCUT2D eigenvalue weighted by Crippen LogP contribution is 2.24. The van der Waals surface area contributed by atoms with Crippen LogP contribution < -0.4 is 11.1 Å². The van der Waals surface area contributed by atoms with Gasteiger partial charge in [-0.05, 0) is 26.0 Å². The summed E-state index contributed by atoms with van der Waals surface area (Å²) in [6, 6.07) is 4.97. The molecular formula is C14H14F2N4OS. The van der Waals surface area contributed by atoms with Gasteiger partial charge >= 0.3 is 0 Å². The third kappa shape index (κ3) is 3.91. The van der Waals surface area contributed by atoms with Crippen LogP contribution in [-0.4, -0.2) is 21.1 Å². The van der Waals surface area contributed by atoms with Crippen LogP contribution in [0.3, 0.4) is 0 Å². The first-order valence-corrected chi connectivity index (χ1v) is 7.27. The van der Waals surface area contributed by atoms with Gasteiger partial charge in [-0.2, -0.15) is 0 Å². The summed E-state index contributed by atoms with van der Waals surface area (Å²) in [6.07, 6.45) is 0. The molecule has 0 fully saturated rings. The molecule has 1 aromatic carbocycles. The van der Waals surface area contributed by atoms with Gasteiger partial charge in [0.25, 0.3) is 0 Å². The van der Waals surface area contributed by atoms with Crippen molar-refractivity contribution in [3.05, 3.63) is 41.6 Å². The van der Waals surface area contributed by atoms with Gasteiger partial charge in [0.1, 0.15) is 23.1 Å². The molecule has 5 nitrogen and oxygen atoms in total. The number of nitrogens with two attached hydrogens (primary N) is 1. The smallest absolute Gasteiger partial charge is 0.237 e. The summed E-state index contributed by atoms with van der Waals surface area (Å²) in [5.41, 5.74) is 5.81. The minimum atomic E-state index is -0.832. The van der Waals surface area contributed by atoms with Crippen LogP contribution in [-0.2, 0) is 4.79 Å². The summed E-state index contributed by atoms with van der Waals surface area (Å²) in [6.45, 7) is 3.34. The Balaban J connectivity index is 2.09. The number of benzene rings is 1. The van der Waals surface area contributed by atoms with E-state index in [-0.39, 0.29) is 0 Å². The predicted molar refractivity (Wildman–Crippen MR) is 81.5 cm³/mol. The van der Waals surface area contributed by atoms with E-state index in [1.54, 1.807) is 19.9 Å². The molecule has 116 valence electrons. The lowest BCUT2D eigenvalue weighted by atomic mass is 10.3. The first-order chi connectivity index (χ1) is 10.4. The number of nitrogens with one attached hydrogen (secondary N) is 1. The molecular weight excluding hydrogens is 310 g/mol. The van der Waals surface area contributed by atoms with Crippen molar-refractivity contribution in [2.24, 2.45) is 0 Å². The first-order valence-electron chi connectivity index (χ1n) is 6.39. The molecule has 0 aliphatic carbocycles. The molecule has 0 aliphatic rings. The summed E-state index contributed by atoms with van der Waals surface area (Å²) >= 11 is 1.05. The molecule has 3 N–H and O–H groups in total. The summed E-state index contributed by atoms with van der Waals surface area (Å²) in [5.74, 6) is -1.93. The number of amides is 1. The van der Waals surface area contributed by atoms with Gasteiger partial charge in [0.15, 0.2) is 5.16 Å². The molecule has 0 spiro atoms. The van der Waals surface area contributed by atoms with E-state index in [1.165, 1.54) is 6.07 Å². The lowest BCUT2D eigenvalue weighted by Crippen LogP contribution is -2.24. The topological polar surface area (TPSA) is 80.9 Å². The molecule has 2 aromatic rings. The van der Waals surface area contributed by atoms with E-state index in [0.717, 1.165) is 23.9 Å². The molecule has 0 radical (unpaired) electrons. The average Bonchev–Trinajstić information content (AvgIpc) is 2.41. The van der Waals surface area contributed by atoms with Gasteiger partial charge in [0.2, 0.25) is 5.91 Å². The number of hydrogen-bond donors (Lipinski definition) is 2. The SMILES string of the molecule is Cc1cc(N)nc(S[C@H](C)C(=O)Nc2c(F)cccc2F)n1. The number of para-hydroxylation sites is 1. The molecule has 1 amide bonds. The normalized spacial score (nSPS) is 12.0. The van der Waals surface area contributed by atoms with E-state index >= 15 is 0 Å². The third-order valence-electron chi connectivity index (χ3n) is 2.72. The Kier molecular flexibility index (Phi) is 4.92. The van der Waals surface area contributed by atoms with E-state index in [4.69, 9.17) is 5.73 Å². The Bertz CT molecular complexity index is 671. The predicted octanol–water partition coefficient (Wildman–Crippen LogP) is 2.76. The molecule has 0 saturated heterocycles. The summed E-state index contributed by atoms with van der Waals surface area (Å²) in [5, 5.41) is 1.91. The van der Waals surface area contributed by atoms with Gasteiger partial charge in [-0.15, -0.1) is 0 Å². The lowest BCUT2D eigenvalue weighted by Gasteiger charge is -2.12. The zero-order chi connectivity index (χ0) is 16.3. The number of anilines is 2. The Labute approximate surface area is 130 Å². The molecule has 1 heterocycles. The number of nitrogens with zero attached hydrogens (tertiary/aromatic N) is 2. The van der Waals surface area contributed by atoms with Crippen LogP contribution >= 0.6 is 11.8 Å². The van der Waals surface area contributed by atoms with Gasteiger partial charge in [-0.25, -0.2) is 18.7 Å². The molecule has 2 rings (SSSR count). The Hall–Kier alpha value is -2.22. The van der Waals surface area contributed by atoms with Crippen LogP contribution in [0.5, 0.6) is 0 Å². The fraction of sp³-hybridized carbons (Fsp3) is 0.214. The van der Waals surface area contributed by atoms with E-state index < -0.39 is 28.5 Å². The zero-order valence-corrected chi connectivity index (χ0v) is 12.7. The van der Waals surface area contributed by atoms with Crippen LogP contribution in [0.4, 0.5) is 20.3 Å². The number of carbonyl (C=O) groups excluding carboxylic acids is 1. The zero-order valence-electron chi connectivity index (χ0n) is 11.9. The van der Waals surface area contributed by atoms with Gasteiger partial charge in [0.05, 0.1) is 5.25 Å². The largest absolute Gasteiger partial charge is 0.384 e. The highest BCUT2D eigenvalue weighted by atomic mass is 32.2. The maximum atomic E-state index is 13.5. The van der Waals surface area contributed by atoms with Crippen LogP contribution in [0.2, 0.25) is 0 Å². The van der Waals surface area contributed by atoms with Crippen molar-refractivity contribution in [3.8, 4) is 0 Å². The number of aryl methyl sites for hydroxylation is 1. The van der Waals surface area contributed by atoms with E-state index in [2.05, 4.69) is 15.3 Å². The number of hydrogen-bond acceptors (Lipinski definition) is 5. The van der Waals surface area contributed by atoms with Crippen molar-refractivity contribution < 1.29 is 13.6 Å². The summed E-state index contributed by atoms with van der Waals surface area (Å²) in [7, 11) is 0. The second-order valence-corrected chi connectivity index (χ2v) is 5.87. The van der Waals surface area contributed by atoms with Gasteiger partial charge in [-0.1, -0.05) is 17.8 Å². The molecule has 1 atom stereocenters. The summed E-state index contributed by atoms with van der Waals surface area (Å²) in [4.78, 5) is 20.2. The fourth-order valence-electron chi connectivity index (χ4n) is 1.67. The number of carbonyl (C=O) groups is 1. The van der Waals surface area contributed by atoms with Crippen LogP contribution in [0, 0.1) is 18.6 Å². The van der Waals surface area contributed by atoms with Gasteiger partial charge in [-0.3, -0.25) is 4.79 Å². The molecule has 8 heteroatoms. The fourth-order valence-corrected chi connectivity index (χ4v) is 2.51. The second-order valence-electron chi connectivity index (χ2n) is 4.56. The third-order valence-corrected chi connectivity index (χ3v) is 3.68. The number of rotatable bonds is 4. The van der Waals surface area contributed by atoms with Gasteiger partial charge in [0, 0.05) is 11.8 Å². The monoisotopic (exact) mass is 324 g/mol. The number of halogens is 2. The number of aromatic nitrogens is 2. The second kappa shape index (κ2) is 6.69. The maximum absolute atomic E-state index is 13.5. The Morgan fingerprint density at radius 3 is 2.55 bits per heavy atom. The average molecular weight is 324 g/mol. The van der Waals surface area contributed by atoms with Crippen LogP contribution in [0.15, 0.2) is 29.4 Å². The Morgan fingerprint density at radius 2 is 1.95 bits per heavy atom. The van der Waals surface area contributed by atoms with E-state index in [9.17, 15) is 13.6 Å². The van der Waals surface area contributed by atoms with Crippen molar-refractivity contribution >= 4 is 29.2 Å². The van der Waals surface area contributed by atoms with Crippen molar-refractivity contribution in [1.82, 2.24) is 9.97 Å². The minimum Gasteiger partial charge on any atom is -0.384 e. The molecule has 22 heavy (non-hydrogen) atoms. The molecule has 0 aliphatic heterocycles. The highest BCUT2D eigenvalue weighted by Gasteiger charge is 2.19. The van der Waals surface area contributed by atoms with Crippen molar-refractivity contribution in [1.29, 1.82) is 0 Å². The van der Waals surface area contributed by atoms with Crippen LogP contribution in [0.25, 0.3) is 0 Å². The first kappa shape index (κ1) is 16.2. The lowest BCUT2D eigenvalue weighted by molar-refractivity contribution is -0.115. The van der Waals surface area contributed by atoms with Gasteiger partial charge < -0.3 is 11.1 Å². The highest BCUT2D eigenvalue weighted by molar-refractivity contribution is 8.00. The van der Waals surface area contributed by atoms with Crippen molar-refractivity contribution in [2.75, 3.05) is 11.1 Å². The van der Waals surface area contributed by atoms with Crippen LogP contribution in [0.1, 0.15) is 12.6 Å². The molecule has 0 bridgehead atoms. The maximum Gasteiger partial charge on any atom is 0.237 e. The molecule has 0 unspecified atom stereocenters. The molecule has 0 saturated carbocycles. The standard InChI is InChI=1S/C14H14F2N4OS/c1-7-6-11(17)19-14(18-7)22-8(2)13(21)20-12-9(15)4-3-5-10(12)16/h3-6,8H,1-2H3,(H,20,21)(H2,17,18,19)/t8-/m1/s1. The molecule has 1 aromatic heterocycles. The van der Waals surface area contributed by atoms with Crippen molar-refractivity contribution in [3.63, 3.8) is 0 Å². The van der Waals surface area contributed by atoms with E-state index in [0.29, 0.717) is 16.7 Å². The Morgan fingerprint density at radius 1 is 1.32 bits per heavy atom. The summed E-state index contributed by atoms with van der Waals surface area (Å²) < 4.78 is 27.0. The van der Waals surface area contributed by atoms with E-state index in [1.807, 2.05) is 0 Å². The van der Waals surface area contributed by atoms with Crippen molar-refractivity contribution in [2.45, 2.75) is 24.3 Å².